The minimum atomic E-state index is -4.43. The third-order valence-corrected chi connectivity index (χ3v) is 6.42. The van der Waals surface area contributed by atoms with Crippen LogP contribution in [0.4, 0.5) is 24.0 Å². The molecule has 0 bridgehead atoms. The topological polar surface area (TPSA) is 78.7 Å². The summed E-state index contributed by atoms with van der Waals surface area (Å²) >= 11 is 1.20. The van der Waals surface area contributed by atoms with Gasteiger partial charge in [-0.1, -0.05) is 0 Å². The van der Waals surface area contributed by atoms with Gasteiger partial charge in [0.1, 0.15) is 5.82 Å². The first kappa shape index (κ1) is 22.8. The molecule has 0 spiro atoms. The third-order valence-electron chi connectivity index (χ3n) is 5.28. The smallest absolute Gasteiger partial charge is 0.417 e. The van der Waals surface area contributed by atoms with Gasteiger partial charge in [-0.3, -0.25) is 9.59 Å². The molecule has 0 aromatic carbocycles. The van der Waals surface area contributed by atoms with Gasteiger partial charge in [0.25, 0.3) is 11.8 Å². The number of hydrogen-bond donors (Lipinski definition) is 1. The van der Waals surface area contributed by atoms with Crippen molar-refractivity contribution in [2.75, 3.05) is 36.4 Å². The molecule has 2 amide bonds. The van der Waals surface area contributed by atoms with Gasteiger partial charge >= 0.3 is 6.18 Å². The number of nitrogens with zero attached hydrogens (tertiary/aromatic N) is 3. The largest absolute Gasteiger partial charge is 0.459 e. The number of anilines is 2. The van der Waals surface area contributed by atoms with Crippen molar-refractivity contribution in [1.82, 2.24) is 9.88 Å². The summed E-state index contributed by atoms with van der Waals surface area (Å²) in [5.41, 5.74) is -0.0359. The van der Waals surface area contributed by atoms with E-state index in [1.807, 2.05) is 11.8 Å². The van der Waals surface area contributed by atoms with Gasteiger partial charge in [0, 0.05) is 32.4 Å². The summed E-state index contributed by atoms with van der Waals surface area (Å²) in [6.45, 7) is 3.77. The van der Waals surface area contributed by atoms with E-state index in [1.54, 1.807) is 23.1 Å². The number of thiophene rings is 1. The number of rotatable bonds is 4. The molecule has 11 heteroatoms. The van der Waals surface area contributed by atoms with Crippen molar-refractivity contribution >= 4 is 34.0 Å². The van der Waals surface area contributed by atoms with Gasteiger partial charge in [0.2, 0.25) is 0 Å². The molecular weight excluding hydrogens is 457 g/mol. The molecule has 0 unspecified atom stereocenters. The van der Waals surface area contributed by atoms with E-state index in [4.69, 9.17) is 4.42 Å². The van der Waals surface area contributed by atoms with Gasteiger partial charge in [-0.05, 0) is 49.2 Å². The van der Waals surface area contributed by atoms with Gasteiger partial charge in [-0.2, -0.15) is 13.2 Å². The summed E-state index contributed by atoms with van der Waals surface area (Å²) in [7, 11) is 0. The predicted octanol–water partition coefficient (Wildman–Crippen LogP) is 4.67. The quantitative estimate of drug-likeness (QED) is 0.590. The zero-order valence-corrected chi connectivity index (χ0v) is 18.5. The first-order valence-electron chi connectivity index (χ1n) is 10.2. The maximum Gasteiger partial charge on any atom is 0.417 e. The van der Waals surface area contributed by atoms with Gasteiger partial charge in [-0.25, -0.2) is 4.98 Å². The SMILES string of the molecule is Cc1cc(NC(=O)c2ccco2)sc1C(=O)N1CCCN(c2ccc(C(F)(F)F)cn2)CC1. The Bertz CT molecular complexity index is 1130. The molecule has 3 aromatic heterocycles. The minimum absolute atomic E-state index is 0.141. The number of aromatic nitrogens is 1. The predicted molar refractivity (Wildman–Crippen MR) is 118 cm³/mol. The molecule has 0 saturated carbocycles. The first-order valence-corrected chi connectivity index (χ1v) is 11.1. The lowest BCUT2D eigenvalue weighted by Gasteiger charge is -2.23. The number of furan rings is 1. The number of alkyl halides is 3. The Hall–Kier alpha value is -3.34. The minimum Gasteiger partial charge on any atom is -0.459 e. The number of hydrogen-bond acceptors (Lipinski definition) is 6. The summed E-state index contributed by atoms with van der Waals surface area (Å²) in [5.74, 6) is 0.0962. The molecule has 7 nitrogen and oxygen atoms in total. The molecule has 4 heterocycles. The second kappa shape index (κ2) is 9.26. The summed E-state index contributed by atoms with van der Waals surface area (Å²) in [5, 5.41) is 3.28. The standard InChI is InChI=1S/C22H21F3N4O3S/c1-14-12-18(27-20(30)16-4-2-11-32-16)33-19(14)21(31)29-8-3-7-28(9-10-29)17-6-5-15(13-26-17)22(23,24)25/h2,4-6,11-13H,3,7-10H2,1H3,(H,27,30). The molecular formula is C22H21F3N4O3S. The van der Waals surface area contributed by atoms with Crippen molar-refractivity contribution < 1.29 is 27.2 Å². The van der Waals surface area contributed by atoms with E-state index in [0.29, 0.717) is 48.3 Å². The van der Waals surface area contributed by atoms with Crippen LogP contribution >= 0.6 is 11.3 Å². The Morgan fingerprint density at radius 1 is 1.15 bits per heavy atom. The lowest BCUT2D eigenvalue weighted by atomic mass is 10.2. The summed E-state index contributed by atoms with van der Waals surface area (Å²) in [6, 6.07) is 7.29. The van der Waals surface area contributed by atoms with Crippen molar-refractivity contribution in [1.29, 1.82) is 0 Å². The first-order chi connectivity index (χ1) is 15.7. The van der Waals surface area contributed by atoms with Crippen LogP contribution in [0.25, 0.3) is 0 Å². The van der Waals surface area contributed by atoms with E-state index in [2.05, 4.69) is 10.3 Å². The number of pyridine rings is 1. The van der Waals surface area contributed by atoms with Crippen LogP contribution in [0.3, 0.4) is 0 Å². The van der Waals surface area contributed by atoms with Crippen LogP contribution in [0.5, 0.6) is 0 Å². The molecule has 1 fully saturated rings. The number of carbonyl (C=O) groups is 2. The monoisotopic (exact) mass is 478 g/mol. The third kappa shape index (κ3) is 5.19. The fraction of sp³-hybridized carbons (Fsp3) is 0.318. The molecule has 3 aromatic rings. The van der Waals surface area contributed by atoms with E-state index in [0.717, 1.165) is 17.8 Å². The van der Waals surface area contributed by atoms with Crippen LogP contribution in [0.1, 0.15) is 37.8 Å². The Morgan fingerprint density at radius 3 is 2.64 bits per heavy atom. The van der Waals surface area contributed by atoms with Gasteiger partial charge < -0.3 is 19.5 Å². The maximum atomic E-state index is 13.1. The van der Waals surface area contributed by atoms with Crippen LogP contribution in [-0.4, -0.2) is 47.9 Å². The number of amides is 2. The highest BCUT2D eigenvalue weighted by Crippen LogP contribution is 2.30. The molecule has 4 rings (SSSR count). The van der Waals surface area contributed by atoms with Gasteiger partial charge in [-0.15, -0.1) is 11.3 Å². The van der Waals surface area contributed by atoms with E-state index in [1.165, 1.54) is 23.7 Å². The lowest BCUT2D eigenvalue weighted by molar-refractivity contribution is -0.137. The van der Waals surface area contributed by atoms with E-state index in [9.17, 15) is 22.8 Å². The fourth-order valence-corrected chi connectivity index (χ4v) is 4.61. The molecule has 1 aliphatic heterocycles. The van der Waals surface area contributed by atoms with Gasteiger partial charge in [0.15, 0.2) is 5.76 Å². The highest BCUT2D eigenvalue weighted by Gasteiger charge is 2.31. The zero-order chi connectivity index (χ0) is 23.6. The molecule has 1 aliphatic rings. The average molecular weight is 478 g/mol. The molecule has 0 aliphatic carbocycles. The number of halogens is 3. The summed E-state index contributed by atoms with van der Waals surface area (Å²) in [6.07, 6.45) is -1.54. The Kier molecular flexibility index (Phi) is 6.41. The van der Waals surface area contributed by atoms with Crippen LogP contribution in [0.15, 0.2) is 47.2 Å². The van der Waals surface area contributed by atoms with Crippen LogP contribution in [0, 0.1) is 6.92 Å². The number of aryl methyl sites for hydroxylation is 1. The van der Waals surface area contributed by atoms with E-state index in [-0.39, 0.29) is 11.7 Å². The summed E-state index contributed by atoms with van der Waals surface area (Å²) in [4.78, 5) is 33.4. The Morgan fingerprint density at radius 2 is 1.97 bits per heavy atom. The molecule has 174 valence electrons. The molecule has 33 heavy (non-hydrogen) atoms. The number of nitrogens with one attached hydrogen (secondary N) is 1. The normalized spacial score (nSPS) is 14.8. The van der Waals surface area contributed by atoms with Crippen LogP contribution in [-0.2, 0) is 6.18 Å². The highest BCUT2D eigenvalue weighted by atomic mass is 32.1. The highest BCUT2D eigenvalue weighted by molar-refractivity contribution is 7.18. The van der Waals surface area contributed by atoms with Crippen molar-refractivity contribution in [2.45, 2.75) is 19.5 Å². The van der Waals surface area contributed by atoms with Crippen LogP contribution in [0.2, 0.25) is 0 Å². The van der Waals surface area contributed by atoms with E-state index >= 15 is 0 Å². The lowest BCUT2D eigenvalue weighted by Crippen LogP contribution is -2.35. The fourth-order valence-electron chi connectivity index (χ4n) is 3.57. The van der Waals surface area contributed by atoms with Crippen molar-refractivity contribution in [3.63, 3.8) is 0 Å². The molecule has 1 saturated heterocycles. The molecule has 0 radical (unpaired) electrons. The average Bonchev–Trinajstić information content (AvgIpc) is 3.37. The van der Waals surface area contributed by atoms with Gasteiger partial charge in [0.05, 0.1) is 21.7 Å². The summed E-state index contributed by atoms with van der Waals surface area (Å²) < 4.78 is 43.4. The molecule has 0 atom stereocenters. The zero-order valence-electron chi connectivity index (χ0n) is 17.7. The van der Waals surface area contributed by atoms with Crippen molar-refractivity contribution in [2.24, 2.45) is 0 Å². The second-order valence-corrected chi connectivity index (χ2v) is 8.64. The van der Waals surface area contributed by atoms with E-state index < -0.39 is 17.6 Å². The van der Waals surface area contributed by atoms with Crippen molar-refractivity contribution in [3.8, 4) is 0 Å². The number of carbonyl (C=O) groups excluding carboxylic acids is 2. The Balaban J connectivity index is 1.40. The maximum absolute atomic E-state index is 13.1. The van der Waals surface area contributed by atoms with Crippen molar-refractivity contribution in [3.05, 3.63) is 64.6 Å². The Labute approximate surface area is 191 Å². The van der Waals surface area contributed by atoms with Crippen LogP contribution < -0.4 is 10.2 Å². The molecule has 1 N–H and O–H groups in total. The second-order valence-electron chi connectivity index (χ2n) is 7.59.